The van der Waals surface area contributed by atoms with E-state index in [1.165, 1.54) is 34.2 Å². The Morgan fingerprint density at radius 2 is 2.04 bits per heavy atom. The first-order valence-corrected chi connectivity index (χ1v) is 10.3. The van der Waals surface area contributed by atoms with Crippen LogP contribution >= 0.6 is 23.1 Å². The van der Waals surface area contributed by atoms with E-state index >= 15 is 0 Å². The highest BCUT2D eigenvalue weighted by atomic mass is 32.2. The van der Waals surface area contributed by atoms with E-state index in [9.17, 15) is 4.79 Å². The quantitative estimate of drug-likeness (QED) is 0.483. The van der Waals surface area contributed by atoms with Gasteiger partial charge in [0.2, 0.25) is 0 Å². The minimum absolute atomic E-state index is 0.0828. The number of aromatic nitrogens is 2. The Morgan fingerprint density at radius 1 is 1.29 bits per heavy atom. The highest BCUT2D eigenvalue weighted by Crippen LogP contribution is 2.40. The molecule has 1 aromatic carbocycles. The van der Waals surface area contributed by atoms with Crippen LogP contribution in [0.2, 0.25) is 0 Å². The molecular formula is C19H20N2OS2. The lowest BCUT2D eigenvalue weighted by Crippen LogP contribution is -2.22. The fourth-order valence-corrected chi connectivity index (χ4v) is 5.51. The third kappa shape index (κ3) is 2.42. The van der Waals surface area contributed by atoms with Gasteiger partial charge in [0.05, 0.1) is 11.1 Å². The lowest BCUT2D eigenvalue weighted by atomic mass is 9.88. The molecule has 1 unspecified atom stereocenters. The monoisotopic (exact) mass is 356 g/mol. The average molecular weight is 357 g/mol. The van der Waals surface area contributed by atoms with Gasteiger partial charge in [-0.05, 0) is 56.1 Å². The fourth-order valence-electron chi connectivity index (χ4n) is 3.58. The van der Waals surface area contributed by atoms with Crippen molar-refractivity contribution in [2.75, 3.05) is 6.26 Å². The number of rotatable bonds is 2. The molecule has 4 rings (SSSR count). The summed E-state index contributed by atoms with van der Waals surface area (Å²) in [5.41, 5.74) is 3.42. The van der Waals surface area contributed by atoms with Crippen LogP contribution in [0.25, 0.3) is 15.9 Å². The zero-order valence-electron chi connectivity index (χ0n) is 14.1. The van der Waals surface area contributed by atoms with Crippen molar-refractivity contribution < 1.29 is 0 Å². The van der Waals surface area contributed by atoms with E-state index in [1.54, 1.807) is 15.9 Å². The second-order valence-corrected chi connectivity index (χ2v) is 8.34. The van der Waals surface area contributed by atoms with Crippen LogP contribution in [0.1, 0.15) is 41.7 Å². The van der Waals surface area contributed by atoms with Crippen LogP contribution in [-0.4, -0.2) is 15.8 Å². The molecule has 1 aliphatic carbocycles. The smallest absolute Gasteiger partial charge is 0.267 e. The van der Waals surface area contributed by atoms with Gasteiger partial charge in [0.15, 0.2) is 5.16 Å². The Bertz CT molecular complexity index is 970. The molecule has 0 saturated carbocycles. The second-order valence-electron chi connectivity index (χ2n) is 6.49. The summed E-state index contributed by atoms with van der Waals surface area (Å²) < 4.78 is 1.78. The molecule has 0 spiro atoms. The lowest BCUT2D eigenvalue weighted by Gasteiger charge is -2.18. The molecule has 5 heteroatoms. The highest BCUT2D eigenvalue weighted by Gasteiger charge is 2.26. The standard InChI is InChI=1S/C19H20N2OS2/c1-11-7-9-13(10-8-11)21-18(22)16-15-12(2)5-4-6-14(15)24-17(16)20-19(21)23-3/h7-10,12H,4-6H2,1-3H3. The topological polar surface area (TPSA) is 34.9 Å². The second kappa shape index (κ2) is 6.05. The molecule has 0 radical (unpaired) electrons. The number of fused-ring (bicyclic) bond motifs is 3. The SMILES string of the molecule is CSc1nc2sc3c(c2c(=O)n1-c1ccc(C)cc1)C(C)CCC3. The largest absolute Gasteiger partial charge is 0.268 e. The average Bonchev–Trinajstić information content (AvgIpc) is 2.96. The molecule has 0 saturated heterocycles. The van der Waals surface area contributed by atoms with Crippen LogP contribution in [-0.2, 0) is 6.42 Å². The van der Waals surface area contributed by atoms with Crippen molar-refractivity contribution in [3.8, 4) is 5.69 Å². The summed E-state index contributed by atoms with van der Waals surface area (Å²) in [5.74, 6) is 0.448. The Kier molecular flexibility index (Phi) is 4.01. The summed E-state index contributed by atoms with van der Waals surface area (Å²) in [5, 5.41) is 1.61. The van der Waals surface area contributed by atoms with Crippen LogP contribution in [0.5, 0.6) is 0 Å². The number of aryl methyl sites for hydroxylation is 2. The fraction of sp³-hybridized carbons (Fsp3) is 0.368. The molecule has 1 aliphatic rings. The van der Waals surface area contributed by atoms with Crippen LogP contribution in [0, 0.1) is 6.92 Å². The van der Waals surface area contributed by atoms with Crippen LogP contribution in [0.3, 0.4) is 0 Å². The van der Waals surface area contributed by atoms with Gasteiger partial charge in [-0.25, -0.2) is 4.98 Å². The maximum Gasteiger partial charge on any atom is 0.267 e. The van der Waals surface area contributed by atoms with Gasteiger partial charge in [-0.3, -0.25) is 9.36 Å². The summed E-state index contributed by atoms with van der Waals surface area (Å²) in [6.07, 6.45) is 5.43. The number of thioether (sulfide) groups is 1. The summed E-state index contributed by atoms with van der Waals surface area (Å²) in [7, 11) is 0. The molecule has 124 valence electrons. The first kappa shape index (κ1) is 15.9. The van der Waals surface area contributed by atoms with E-state index in [0.29, 0.717) is 5.92 Å². The molecule has 3 aromatic rings. The van der Waals surface area contributed by atoms with Crippen molar-refractivity contribution in [1.29, 1.82) is 0 Å². The number of hydrogen-bond donors (Lipinski definition) is 0. The molecule has 1 atom stereocenters. The Morgan fingerprint density at radius 3 is 2.75 bits per heavy atom. The third-order valence-electron chi connectivity index (χ3n) is 4.82. The van der Waals surface area contributed by atoms with Crippen molar-refractivity contribution in [1.82, 2.24) is 9.55 Å². The molecule has 0 N–H and O–H groups in total. The molecule has 3 nitrogen and oxygen atoms in total. The number of hydrogen-bond acceptors (Lipinski definition) is 4. The van der Waals surface area contributed by atoms with Crippen molar-refractivity contribution in [2.24, 2.45) is 0 Å². The molecule has 2 heterocycles. The molecule has 0 fully saturated rings. The molecule has 2 aromatic heterocycles. The van der Waals surface area contributed by atoms with Crippen LogP contribution in [0.4, 0.5) is 0 Å². The number of nitrogens with zero attached hydrogens (tertiary/aromatic N) is 2. The maximum atomic E-state index is 13.4. The summed E-state index contributed by atoms with van der Waals surface area (Å²) in [6, 6.07) is 8.10. The van der Waals surface area contributed by atoms with Gasteiger partial charge in [0.25, 0.3) is 5.56 Å². The van der Waals surface area contributed by atoms with Gasteiger partial charge in [-0.2, -0.15) is 0 Å². The van der Waals surface area contributed by atoms with Crippen LogP contribution < -0.4 is 5.56 Å². The third-order valence-corrected chi connectivity index (χ3v) is 6.62. The van der Waals surface area contributed by atoms with E-state index in [0.717, 1.165) is 33.9 Å². The van der Waals surface area contributed by atoms with Crippen molar-refractivity contribution in [3.05, 3.63) is 50.6 Å². The zero-order chi connectivity index (χ0) is 16.8. The minimum Gasteiger partial charge on any atom is -0.268 e. The Balaban J connectivity index is 2.06. The van der Waals surface area contributed by atoms with E-state index in [1.807, 2.05) is 30.5 Å². The van der Waals surface area contributed by atoms with Gasteiger partial charge in [0, 0.05) is 4.88 Å². The summed E-state index contributed by atoms with van der Waals surface area (Å²) in [6.45, 7) is 4.29. The highest BCUT2D eigenvalue weighted by molar-refractivity contribution is 7.98. The van der Waals surface area contributed by atoms with Gasteiger partial charge in [-0.1, -0.05) is 36.4 Å². The van der Waals surface area contributed by atoms with E-state index in [4.69, 9.17) is 4.98 Å². The Labute approximate surface area is 149 Å². The lowest BCUT2D eigenvalue weighted by molar-refractivity contribution is 0.601. The number of benzene rings is 1. The first-order valence-electron chi connectivity index (χ1n) is 8.29. The van der Waals surface area contributed by atoms with E-state index < -0.39 is 0 Å². The van der Waals surface area contributed by atoms with E-state index in [-0.39, 0.29) is 5.56 Å². The zero-order valence-corrected chi connectivity index (χ0v) is 15.8. The van der Waals surface area contributed by atoms with Crippen molar-refractivity contribution in [2.45, 2.75) is 44.2 Å². The van der Waals surface area contributed by atoms with Crippen molar-refractivity contribution >= 4 is 33.3 Å². The van der Waals surface area contributed by atoms with Gasteiger partial charge in [-0.15, -0.1) is 11.3 Å². The van der Waals surface area contributed by atoms with Crippen molar-refractivity contribution in [3.63, 3.8) is 0 Å². The molecule has 0 aliphatic heterocycles. The summed E-state index contributed by atoms with van der Waals surface area (Å²) >= 11 is 3.24. The normalized spacial score (nSPS) is 17.2. The number of thiophene rings is 1. The van der Waals surface area contributed by atoms with Gasteiger partial charge >= 0.3 is 0 Å². The van der Waals surface area contributed by atoms with Crippen LogP contribution in [0.15, 0.2) is 34.2 Å². The molecule has 24 heavy (non-hydrogen) atoms. The first-order chi connectivity index (χ1) is 11.6. The minimum atomic E-state index is 0.0828. The van der Waals surface area contributed by atoms with E-state index in [2.05, 4.69) is 13.8 Å². The predicted molar refractivity (Wildman–Crippen MR) is 103 cm³/mol. The van der Waals surface area contributed by atoms with Gasteiger partial charge in [0.1, 0.15) is 4.83 Å². The molecule has 0 amide bonds. The predicted octanol–water partition coefficient (Wildman–Crippen LogP) is 4.92. The Hall–Kier alpha value is -1.59. The molecule has 0 bridgehead atoms. The maximum absolute atomic E-state index is 13.4. The summed E-state index contributed by atoms with van der Waals surface area (Å²) in [4.78, 5) is 20.5. The molecular weight excluding hydrogens is 336 g/mol. The van der Waals surface area contributed by atoms with Gasteiger partial charge < -0.3 is 0 Å².